The van der Waals surface area contributed by atoms with Crippen LogP contribution in [-0.2, 0) is 0 Å². The molecule has 0 heterocycles. The van der Waals surface area contributed by atoms with E-state index in [1.165, 1.54) is 0 Å². The zero-order chi connectivity index (χ0) is 40.4. The highest BCUT2D eigenvalue weighted by atomic mass is 16.5. The number of benzene rings is 9. The first-order chi connectivity index (χ1) is 29.7. The Kier molecular flexibility index (Phi) is 11.2. The van der Waals surface area contributed by atoms with Gasteiger partial charge in [-0.15, -0.1) is 0 Å². The summed E-state index contributed by atoms with van der Waals surface area (Å²) in [6, 6.07) is 74.1. The van der Waals surface area contributed by atoms with Crippen LogP contribution >= 0.6 is 0 Å². The molecule has 0 fully saturated rings. The van der Waals surface area contributed by atoms with Crippen molar-refractivity contribution in [1.29, 1.82) is 0 Å². The topological polar surface area (TPSA) is 55.4 Å². The minimum Gasteiger partial charge on any atom is -0.457 e. The number of ether oxygens (including phenoxy) is 6. The van der Waals surface area contributed by atoms with E-state index in [9.17, 15) is 0 Å². The summed E-state index contributed by atoms with van der Waals surface area (Å²) in [4.78, 5) is 0. The lowest BCUT2D eigenvalue weighted by Crippen LogP contribution is -1.92. The molecular weight excluding hydrogens is 745 g/mol. The lowest BCUT2D eigenvalue weighted by Gasteiger charge is -2.15. The van der Waals surface area contributed by atoms with E-state index in [1.54, 1.807) is 0 Å². The van der Waals surface area contributed by atoms with Crippen molar-refractivity contribution in [2.75, 3.05) is 0 Å². The Bertz CT molecular complexity index is 2810. The summed E-state index contributed by atoms with van der Waals surface area (Å²) >= 11 is 0. The molecule has 0 spiro atoms. The summed E-state index contributed by atoms with van der Waals surface area (Å²) < 4.78 is 37.7. The van der Waals surface area contributed by atoms with E-state index < -0.39 is 0 Å². The van der Waals surface area contributed by atoms with E-state index in [-0.39, 0.29) is 0 Å². The van der Waals surface area contributed by atoms with Crippen molar-refractivity contribution < 1.29 is 28.4 Å². The van der Waals surface area contributed by atoms with E-state index in [4.69, 9.17) is 28.4 Å². The van der Waals surface area contributed by atoms with Crippen LogP contribution in [0.15, 0.2) is 231 Å². The predicted molar refractivity (Wildman–Crippen MR) is 236 cm³/mol. The van der Waals surface area contributed by atoms with Crippen molar-refractivity contribution in [1.82, 2.24) is 0 Å². The van der Waals surface area contributed by atoms with Gasteiger partial charge in [-0.05, 0) is 114 Å². The molecule has 0 saturated carbocycles. The molecular formula is C54H38O6. The minimum atomic E-state index is 0.596. The molecule has 9 rings (SSSR count). The molecule has 9 aromatic carbocycles. The molecule has 0 atom stereocenters. The Hall–Kier alpha value is -8.22. The van der Waals surface area contributed by atoms with Crippen LogP contribution in [0.3, 0.4) is 0 Å². The maximum atomic E-state index is 6.58. The summed E-state index contributed by atoms with van der Waals surface area (Å²) in [7, 11) is 0. The molecule has 0 saturated heterocycles. The van der Waals surface area contributed by atoms with Crippen molar-refractivity contribution in [2.45, 2.75) is 0 Å². The summed E-state index contributed by atoms with van der Waals surface area (Å²) in [6.45, 7) is 0. The standard InChI is InChI=1S/C54H38O6/c1-4-16-40(17-5-1)49-36-41(32-35-50(49)58-46-23-15-25-48(38-46)60-54-29-13-11-27-52(54)57-43-20-8-3-9-21-43)39-30-33-44(34-31-39)55-45-22-14-24-47(37-45)59-53-28-12-10-26-51(53)56-42-18-6-2-7-19-42/h1-38H. The second kappa shape index (κ2) is 17.9. The van der Waals surface area contributed by atoms with Gasteiger partial charge in [0.05, 0.1) is 0 Å². The zero-order valence-electron chi connectivity index (χ0n) is 32.4. The first-order valence-corrected chi connectivity index (χ1v) is 19.5. The average molecular weight is 783 g/mol. The van der Waals surface area contributed by atoms with Crippen LogP contribution < -0.4 is 28.4 Å². The van der Waals surface area contributed by atoms with E-state index in [0.717, 1.165) is 33.8 Å². The molecule has 9 aromatic rings. The van der Waals surface area contributed by atoms with Crippen molar-refractivity contribution in [3.63, 3.8) is 0 Å². The largest absolute Gasteiger partial charge is 0.457 e. The Morgan fingerprint density at radius 2 is 0.533 bits per heavy atom. The Balaban J connectivity index is 0.905. The smallest absolute Gasteiger partial charge is 0.169 e. The summed E-state index contributed by atoms with van der Waals surface area (Å²) in [6.07, 6.45) is 0. The Labute approximate surface area is 349 Å². The van der Waals surface area contributed by atoms with Crippen LogP contribution in [-0.4, -0.2) is 0 Å². The van der Waals surface area contributed by atoms with E-state index in [1.807, 2.05) is 194 Å². The van der Waals surface area contributed by atoms with Crippen LogP contribution in [0.4, 0.5) is 0 Å². The number of hydrogen-bond acceptors (Lipinski definition) is 6. The van der Waals surface area contributed by atoms with Crippen LogP contribution in [0.25, 0.3) is 22.3 Å². The first-order valence-electron chi connectivity index (χ1n) is 19.5. The summed E-state index contributed by atoms with van der Waals surface area (Å²) in [5.74, 6) is 7.83. The third kappa shape index (κ3) is 9.31. The van der Waals surface area contributed by atoms with Gasteiger partial charge in [0.2, 0.25) is 0 Å². The number of rotatable bonds is 14. The maximum Gasteiger partial charge on any atom is 0.169 e. The molecule has 0 aliphatic carbocycles. The van der Waals surface area contributed by atoms with Gasteiger partial charge in [-0.2, -0.15) is 0 Å². The molecule has 0 bridgehead atoms. The van der Waals surface area contributed by atoms with E-state index in [0.29, 0.717) is 57.5 Å². The minimum absolute atomic E-state index is 0.596. The lowest BCUT2D eigenvalue weighted by molar-refractivity contribution is 0.415. The monoisotopic (exact) mass is 782 g/mol. The van der Waals surface area contributed by atoms with Crippen molar-refractivity contribution in [2.24, 2.45) is 0 Å². The summed E-state index contributed by atoms with van der Waals surface area (Å²) in [5, 5.41) is 0. The van der Waals surface area contributed by atoms with Crippen molar-refractivity contribution in [3.05, 3.63) is 231 Å². The fourth-order valence-corrected chi connectivity index (χ4v) is 6.55. The molecule has 0 amide bonds. The normalized spacial score (nSPS) is 10.7. The van der Waals surface area contributed by atoms with Crippen LogP contribution in [0.5, 0.6) is 69.0 Å². The van der Waals surface area contributed by atoms with Gasteiger partial charge in [0.1, 0.15) is 46.0 Å². The highest BCUT2D eigenvalue weighted by Gasteiger charge is 2.14. The average Bonchev–Trinajstić information content (AvgIpc) is 3.29. The highest BCUT2D eigenvalue weighted by molar-refractivity contribution is 5.78. The van der Waals surface area contributed by atoms with E-state index >= 15 is 0 Å². The number of para-hydroxylation sites is 6. The van der Waals surface area contributed by atoms with E-state index in [2.05, 4.69) is 36.4 Å². The lowest BCUT2D eigenvalue weighted by atomic mass is 9.98. The van der Waals surface area contributed by atoms with Gasteiger partial charge in [0.25, 0.3) is 0 Å². The van der Waals surface area contributed by atoms with Gasteiger partial charge in [0.15, 0.2) is 23.0 Å². The van der Waals surface area contributed by atoms with Crippen molar-refractivity contribution in [3.8, 4) is 91.2 Å². The molecule has 290 valence electrons. The van der Waals surface area contributed by atoms with Crippen LogP contribution in [0, 0.1) is 0 Å². The predicted octanol–water partition coefficient (Wildman–Crippen LogP) is 15.8. The second-order valence-electron chi connectivity index (χ2n) is 13.7. The molecule has 6 nitrogen and oxygen atoms in total. The molecule has 0 radical (unpaired) electrons. The summed E-state index contributed by atoms with van der Waals surface area (Å²) in [5.41, 5.74) is 4.05. The molecule has 0 aromatic heterocycles. The van der Waals surface area contributed by atoms with Gasteiger partial charge < -0.3 is 28.4 Å². The Morgan fingerprint density at radius 1 is 0.183 bits per heavy atom. The fraction of sp³-hybridized carbons (Fsp3) is 0. The fourth-order valence-electron chi connectivity index (χ4n) is 6.55. The number of hydrogen-bond donors (Lipinski definition) is 0. The SMILES string of the molecule is c1ccc(Oc2ccccc2Oc2cccc(Oc3ccc(-c4ccc(Oc5cccc(Oc6ccccc6Oc6ccccc6)c5)c(-c5ccccc5)c4)cc3)c2)cc1. The zero-order valence-corrected chi connectivity index (χ0v) is 32.4. The van der Waals surface area contributed by atoms with Crippen molar-refractivity contribution >= 4 is 0 Å². The van der Waals surface area contributed by atoms with Gasteiger partial charge in [-0.3, -0.25) is 0 Å². The third-order valence-corrected chi connectivity index (χ3v) is 9.42. The van der Waals surface area contributed by atoms with Crippen LogP contribution in [0.1, 0.15) is 0 Å². The molecule has 0 aliphatic rings. The second-order valence-corrected chi connectivity index (χ2v) is 13.7. The maximum absolute atomic E-state index is 6.58. The molecule has 6 heteroatoms. The molecule has 60 heavy (non-hydrogen) atoms. The van der Waals surface area contributed by atoms with Gasteiger partial charge in [-0.25, -0.2) is 0 Å². The molecule has 0 unspecified atom stereocenters. The van der Waals surface area contributed by atoms with Gasteiger partial charge in [0, 0.05) is 17.7 Å². The van der Waals surface area contributed by atoms with Crippen LogP contribution in [0.2, 0.25) is 0 Å². The van der Waals surface area contributed by atoms with Gasteiger partial charge in [-0.1, -0.05) is 121 Å². The van der Waals surface area contributed by atoms with Gasteiger partial charge >= 0.3 is 0 Å². The molecule has 0 N–H and O–H groups in total. The first kappa shape index (κ1) is 37.4. The Morgan fingerprint density at radius 3 is 1.02 bits per heavy atom. The third-order valence-electron chi connectivity index (χ3n) is 9.42. The quantitative estimate of drug-likeness (QED) is 0.109. The highest BCUT2D eigenvalue weighted by Crippen LogP contribution is 2.41. The molecule has 0 aliphatic heterocycles.